The van der Waals surface area contributed by atoms with Gasteiger partial charge in [0.1, 0.15) is 5.60 Å². The van der Waals surface area contributed by atoms with Crippen LogP contribution >= 0.6 is 0 Å². The molecule has 1 aliphatic rings. The molecule has 1 unspecified atom stereocenters. The lowest BCUT2D eigenvalue weighted by Gasteiger charge is -2.23. The third-order valence-electron chi connectivity index (χ3n) is 1.38. The third-order valence-corrected chi connectivity index (χ3v) is 1.38. The van der Waals surface area contributed by atoms with Crippen molar-refractivity contribution in [3.8, 4) is 0 Å². The van der Waals surface area contributed by atoms with E-state index in [1.54, 1.807) is 6.08 Å². The molecule has 0 saturated heterocycles. The first-order valence-corrected chi connectivity index (χ1v) is 4.52. The fourth-order valence-electron chi connectivity index (χ4n) is 0.918. The molecule has 5 nitrogen and oxygen atoms in total. The van der Waals surface area contributed by atoms with Gasteiger partial charge in [-0.05, 0) is 26.8 Å². The number of nitrogens with one attached hydrogen (secondary N) is 2. The maximum absolute atomic E-state index is 11.3. The van der Waals surface area contributed by atoms with Crippen LogP contribution in [-0.2, 0) is 9.57 Å². The number of hydroxylamine groups is 1. The van der Waals surface area contributed by atoms with Gasteiger partial charge in [-0.1, -0.05) is 6.08 Å². The summed E-state index contributed by atoms with van der Waals surface area (Å²) in [6.45, 7) is 6.07. The van der Waals surface area contributed by atoms with Gasteiger partial charge in [-0.3, -0.25) is 10.2 Å². The quantitative estimate of drug-likeness (QED) is 0.618. The van der Waals surface area contributed by atoms with Gasteiger partial charge in [0.15, 0.2) is 6.23 Å². The van der Waals surface area contributed by atoms with Crippen molar-refractivity contribution in [2.45, 2.75) is 32.6 Å². The maximum atomic E-state index is 11.3. The van der Waals surface area contributed by atoms with Gasteiger partial charge in [0.25, 0.3) is 0 Å². The first kappa shape index (κ1) is 11.0. The minimum absolute atomic E-state index is 0.460. The molecule has 1 amide bonds. The molecule has 14 heavy (non-hydrogen) atoms. The Bertz CT molecular complexity index is 233. The highest BCUT2D eigenvalue weighted by atomic mass is 16.7. The number of amides is 1. The Morgan fingerprint density at radius 1 is 1.64 bits per heavy atom. The zero-order chi connectivity index (χ0) is 10.6. The molecule has 0 radical (unpaired) electrons. The summed E-state index contributed by atoms with van der Waals surface area (Å²) in [7, 11) is 0. The van der Waals surface area contributed by atoms with Crippen molar-refractivity contribution in [1.29, 1.82) is 0 Å². The molecular weight excluding hydrogens is 184 g/mol. The largest absolute Gasteiger partial charge is 0.444 e. The number of carbonyl (C=O) groups is 1. The predicted molar refractivity (Wildman–Crippen MR) is 51.4 cm³/mol. The van der Waals surface area contributed by atoms with Crippen LogP contribution in [0.1, 0.15) is 20.8 Å². The zero-order valence-corrected chi connectivity index (χ0v) is 8.66. The van der Waals surface area contributed by atoms with Crippen LogP contribution in [-0.4, -0.2) is 24.5 Å². The molecular formula is C9H16N2O3. The average Bonchev–Trinajstić information content (AvgIpc) is 2.02. The monoisotopic (exact) mass is 200 g/mol. The number of alkyl carbamates (subject to hydrolysis) is 1. The Kier molecular flexibility index (Phi) is 3.49. The molecule has 0 saturated carbocycles. The van der Waals surface area contributed by atoms with Gasteiger partial charge in [-0.25, -0.2) is 4.79 Å². The van der Waals surface area contributed by atoms with Crippen LogP contribution in [0, 0.1) is 0 Å². The first-order chi connectivity index (χ1) is 6.47. The molecule has 0 aromatic rings. The number of carbonyl (C=O) groups excluding carboxylic acids is 1. The smallest absolute Gasteiger partial charge is 0.409 e. The first-order valence-electron chi connectivity index (χ1n) is 4.52. The number of ether oxygens (including phenoxy) is 1. The summed E-state index contributed by atoms with van der Waals surface area (Å²) in [6, 6.07) is 0. The van der Waals surface area contributed by atoms with Crippen LogP contribution in [0.5, 0.6) is 0 Å². The lowest BCUT2D eigenvalue weighted by molar-refractivity contribution is -0.0259. The van der Waals surface area contributed by atoms with E-state index in [9.17, 15) is 4.79 Å². The second-order valence-electron chi connectivity index (χ2n) is 3.96. The number of rotatable bonds is 1. The average molecular weight is 200 g/mol. The van der Waals surface area contributed by atoms with Gasteiger partial charge in [0.2, 0.25) is 0 Å². The van der Waals surface area contributed by atoms with Crippen LogP contribution in [0.25, 0.3) is 0 Å². The van der Waals surface area contributed by atoms with Gasteiger partial charge < -0.3 is 4.74 Å². The Balaban J connectivity index is 2.33. The molecule has 1 aliphatic heterocycles. The summed E-state index contributed by atoms with van der Waals surface area (Å²) in [5.74, 6) is 0. The highest BCUT2D eigenvalue weighted by Crippen LogP contribution is 2.07. The van der Waals surface area contributed by atoms with E-state index in [2.05, 4.69) is 10.8 Å². The van der Waals surface area contributed by atoms with E-state index in [-0.39, 0.29) is 0 Å². The molecule has 0 aliphatic carbocycles. The van der Waals surface area contributed by atoms with Crippen molar-refractivity contribution in [3.63, 3.8) is 0 Å². The lowest BCUT2D eigenvalue weighted by atomic mass is 10.2. The summed E-state index contributed by atoms with van der Waals surface area (Å²) in [5.41, 5.74) is 2.16. The Labute approximate surface area is 83.4 Å². The van der Waals surface area contributed by atoms with E-state index in [4.69, 9.17) is 9.57 Å². The van der Waals surface area contributed by atoms with Crippen LogP contribution in [0.3, 0.4) is 0 Å². The van der Waals surface area contributed by atoms with Gasteiger partial charge in [0.05, 0.1) is 0 Å². The molecule has 1 rings (SSSR count). The SMILES string of the molecule is CC(C)(C)OC(=O)NC1C=CCNO1. The number of hydrogen-bond acceptors (Lipinski definition) is 4. The predicted octanol–water partition coefficient (Wildman–Crippen LogP) is 0.928. The second kappa shape index (κ2) is 4.43. The van der Waals surface area contributed by atoms with Gasteiger partial charge in [-0.15, -0.1) is 0 Å². The summed E-state index contributed by atoms with van der Waals surface area (Å²) in [5, 5.41) is 2.54. The van der Waals surface area contributed by atoms with Crippen LogP contribution in [0.15, 0.2) is 12.2 Å². The molecule has 5 heteroatoms. The van der Waals surface area contributed by atoms with E-state index in [1.165, 1.54) is 0 Å². The Morgan fingerprint density at radius 2 is 2.36 bits per heavy atom. The lowest BCUT2D eigenvalue weighted by Crippen LogP contribution is -2.43. The minimum Gasteiger partial charge on any atom is -0.444 e. The molecule has 0 aromatic carbocycles. The van der Waals surface area contributed by atoms with Crippen LogP contribution in [0.4, 0.5) is 4.79 Å². The van der Waals surface area contributed by atoms with Crippen molar-refractivity contribution in [2.75, 3.05) is 6.54 Å². The zero-order valence-electron chi connectivity index (χ0n) is 8.66. The van der Waals surface area contributed by atoms with E-state index < -0.39 is 17.9 Å². The molecule has 0 bridgehead atoms. The van der Waals surface area contributed by atoms with Crippen LogP contribution < -0.4 is 10.8 Å². The van der Waals surface area contributed by atoms with E-state index in [0.717, 1.165) is 0 Å². The highest BCUT2D eigenvalue weighted by molar-refractivity contribution is 5.68. The molecule has 0 fully saturated rings. The summed E-state index contributed by atoms with van der Waals surface area (Å²) in [6.07, 6.45) is 2.67. The summed E-state index contributed by atoms with van der Waals surface area (Å²) in [4.78, 5) is 16.3. The van der Waals surface area contributed by atoms with Gasteiger partial charge in [-0.2, -0.15) is 5.48 Å². The number of hydrogen-bond donors (Lipinski definition) is 2. The summed E-state index contributed by atoms with van der Waals surface area (Å²) < 4.78 is 5.05. The topological polar surface area (TPSA) is 59.6 Å². The fraction of sp³-hybridized carbons (Fsp3) is 0.667. The standard InChI is InChI=1S/C9H16N2O3/c1-9(2,3)13-8(12)11-7-5-4-6-10-14-7/h4-5,7,10H,6H2,1-3H3,(H,11,12). The van der Waals surface area contributed by atoms with Crippen molar-refractivity contribution in [2.24, 2.45) is 0 Å². The Hall–Kier alpha value is -1.07. The highest BCUT2D eigenvalue weighted by Gasteiger charge is 2.19. The third kappa shape index (κ3) is 4.25. The van der Waals surface area contributed by atoms with E-state index >= 15 is 0 Å². The van der Waals surface area contributed by atoms with Crippen molar-refractivity contribution < 1.29 is 14.4 Å². The van der Waals surface area contributed by atoms with Gasteiger partial charge in [0, 0.05) is 6.54 Å². The van der Waals surface area contributed by atoms with Crippen molar-refractivity contribution in [3.05, 3.63) is 12.2 Å². The molecule has 2 N–H and O–H groups in total. The minimum atomic E-state index is -0.490. The maximum Gasteiger partial charge on any atom is 0.409 e. The summed E-state index contributed by atoms with van der Waals surface area (Å²) >= 11 is 0. The van der Waals surface area contributed by atoms with E-state index in [1.807, 2.05) is 26.8 Å². The Morgan fingerprint density at radius 3 is 2.86 bits per heavy atom. The molecule has 1 heterocycles. The molecule has 0 spiro atoms. The second-order valence-corrected chi connectivity index (χ2v) is 3.96. The molecule has 0 aromatic heterocycles. The van der Waals surface area contributed by atoms with Crippen molar-refractivity contribution >= 4 is 6.09 Å². The van der Waals surface area contributed by atoms with Crippen LogP contribution in [0.2, 0.25) is 0 Å². The van der Waals surface area contributed by atoms with Crippen molar-refractivity contribution in [1.82, 2.24) is 10.8 Å². The normalized spacial score (nSPS) is 21.8. The molecule has 1 atom stereocenters. The van der Waals surface area contributed by atoms with E-state index in [0.29, 0.717) is 6.54 Å². The fourth-order valence-corrected chi connectivity index (χ4v) is 0.918. The van der Waals surface area contributed by atoms with Gasteiger partial charge >= 0.3 is 6.09 Å². The molecule has 80 valence electrons.